The smallest absolute Gasteiger partial charge is 0.273 e. The molecule has 0 saturated heterocycles. The predicted molar refractivity (Wildman–Crippen MR) is 112 cm³/mol. The number of hydrogen-bond donors (Lipinski definition) is 0. The molecule has 30 heavy (non-hydrogen) atoms. The Bertz CT molecular complexity index is 1260. The second kappa shape index (κ2) is 7.09. The van der Waals surface area contributed by atoms with Gasteiger partial charge in [-0.15, -0.1) is 0 Å². The van der Waals surface area contributed by atoms with Crippen molar-refractivity contribution >= 4 is 11.6 Å². The Kier molecular flexibility index (Phi) is 4.38. The summed E-state index contributed by atoms with van der Waals surface area (Å²) in [4.78, 5) is 19.8. The van der Waals surface area contributed by atoms with E-state index in [0.717, 1.165) is 17.9 Å². The third kappa shape index (κ3) is 2.89. The highest BCUT2D eigenvalue weighted by molar-refractivity contribution is 5.93. The van der Waals surface area contributed by atoms with Gasteiger partial charge in [0.15, 0.2) is 5.65 Å². The molecule has 1 aliphatic rings. The summed E-state index contributed by atoms with van der Waals surface area (Å²) >= 11 is 0. The van der Waals surface area contributed by atoms with Crippen LogP contribution in [0.3, 0.4) is 0 Å². The number of aryl methyl sites for hydroxylation is 1. The van der Waals surface area contributed by atoms with E-state index in [1.54, 1.807) is 34.8 Å². The van der Waals surface area contributed by atoms with Gasteiger partial charge in [-0.2, -0.15) is 5.10 Å². The van der Waals surface area contributed by atoms with Crippen LogP contribution in [0.5, 0.6) is 0 Å². The number of amides is 1. The maximum atomic E-state index is 14.2. The van der Waals surface area contributed by atoms with Crippen molar-refractivity contribution in [2.75, 3.05) is 6.54 Å². The minimum atomic E-state index is -0.333. The fourth-order valence-corrected chi connectivity index (χ4v) is 4.20. The molecule has 4 heterocycles. The number of halogens is 1. The van der Waals surface area contributed by atoms with Crippen LogP contribution >= 0.6 is 0 Å². The first-order valence-corrected chi connectivity index (χ1v) is 10.2. The third-order valence-corrected chi connectivity index (χ3v) is 5.83. The molecule has 0 N–H and O–H groups in total. The largest absolute Gasteiger partial charge is 0.348 e. The van der Waals surface area contributed by atoms with Crippen LogP contribution in [0.2, 0.25) is 0 Å². The summed E-state index contributed by atoms with van der Waals surface area (Å²) < 4.78 is 18.1. The molecular formula is C23H22FN5O. The van der Waals surface area contributed by atoms with Crippen LogP contribution in [0.25, 0.3) is 16.9 Å². The fraction of sp³-hybridized carbons (Fsp3) is 0.261. The van der Waals surface area contributed by atoms with E-state index in [0.29, 0.717) is 35.6 Å². The monoisotopic (exact) mass is 403 g/mol. The Morgan fingerprint density at radius 3 is 2.80 bits per heavy atom. The van der Waals surface area contributed by atoms with Gasteiger partial charge in [-0.3, -0.25) is 4.79 Å². The molecule has 1 aromatic carbocycles. The SMILES string of the molecule is CCc1cc(C(=O)N2CCn3cccc3[C@@H]2C)nc2cc(-c3ccccc3F)nn12. The van der Waals surface area contributed by atoms with Crippen molar-refractivity contribution < 1.29 is 9.18 Å². The Morgan fingerprint density at radius 1 is 1.17 bits per heavy atom. The predicted octanol–water partition coefficient (Wildman–Crippen LogP) is 4.12. The quantitative estimate of drug-likeness (QED) is 0.517. The standard InChI is InChI=1S/C23H22FN5O/c1-3-16-13-20(23(30)28-12-11-27-10-6-9-21(27)15(28)2)25-22-14-19(26-29(16)22)17-7-4-5-8-18(17)24/h4-10,13-15H,3,11-12H2,1-2H3/t15-/m0/s1. The average Bonchev–Trinajstić information content (AvgIpc) is 3.40. The lowest BCUT2D eigenvalue weighted by Gasteiger charge is -2.34. The van der Waals surface area contributed by atoms with Gasteiger partial charge in [0.2, 0.25) is 0 Å². The average molecular weight is 403 g/mol. The highest BCUT2D eigenvalue weighted by atomic mass is 19.1. The first kappa shape index (κ1) is 18.5. The minimum Gasteiger partial charge on any atom is -0.348 e. The van der Waals surface area contributed by atoms with Gasteiger partial charge in [0.25, 0.3) is 5.91 Å². The first-order chi connectivity index (χ1) is 14.6. The van der Waals surface area contributed by atoms with Crippen molar-refractivity contribution in [1.82, 2.24) is 24.1 Å². The normalized spacial score (nSPS) is 16.1. The zero-order valence-corrected chi connectivity index (χ0v) is 16.9. The van der Waals surface area contributed by atoms with Crippen LogP contribution in [-0.4, -0.2) is 36.5 Å². The molecule has 0 unspecified atom stereocenters. The van der Waals surface area contributed by atoms with Crippen molar-refractivity contribution in [3.8, 4) is 11.3 Å². The lowest BCUT2D eigenvalue weighted by molar-refractivity contribution is 0.0638. The van der Waals surface area contributed by atoms with Gasteiger partial charge in [0, 0.05) is 42.3 Å². The van der Waals surface area contributed by atoms with Gasteiger partial charge in [-0.25, -0.2) is 13.9 Å². The number of carbonyl (C=O) groups excluding carboxylic acids is 1. The van der Waals surface area contributed by atoms with Gasteiger partial charge < -0.3 is 9.47 Å². The molecule has 152 valence electrons. The van der Waals surface area contributed by atoms with Crippen LogP contribution in [-0.2, 0) is 13.0 Å². The zero-order valence-electron chi connectivity index (χ0n) is 16.9. The third-order valence-electron chi connectivity index (χ3n) is 5.83. The molecule has 7 heteroatoms. The molecule has 6 nitrogen and oxygen atoms in total. The molecule has 3 aromatic heterocycles. The number of hydrogen-bond acceptors (Lipinski definition) is 3. The zero-order chi connectivity index (χ0) is 20.8. The second-order valence-electron chi connectivity index (χ2n) is 7.57. The number of aromatic nitrogens is 4. The van der Waals surface area contributed by atoms with Crippen LogP contribution in [0, 0.1) is 5.82 Å². The number of rotatable bonds is 3. The van der Waals surface area contributed by atoms with Gasteiger partial charge >= 0.3 is 0 Å². The van der Waals surface area contributed by atoms with E-state index in [1.165, 1.54) is 6.07 Å². The van der Waals surface area contributed by atoms with Crippen LogP contribution in [0.1, 0.15) is 41.8 Å². The number of nitrogens with zero attached hydrogens (tertiary/aromatic N) is 5. The van der Waals surface area contributed by atoms with E-state index < -0.39 is 0 Å². The first-order valence-electron chi connectivity index (χ1n) is 10.2. The molecule has 0 spiro atoms. The highest BCUT2D eigenvalue weighted by Gasteiger charge is 2.29. The molecule has 0 radical (unpaired) electrons. The van der Waals surface area contributed by atoms with E-state index in [-0.39, 0.29) is 17.8 Å². The molecule has 0 bridgehead atoms. The summed E-state index contributed by atoms with van der Waals surface area (Å²) in [5, 5.41) is 4.55. The van der Waals surface area contributed by atoms with Crippen LogP contribution < -0.4 is 0 Å². The summed E-state index contributed by atoms with van der Waals surface area (Å²) in [6.45, 7) is 5.45. The molecule has 0 fully saturated rings. The summed E-state index contributed by atoms with van der Waals surface area (Å²) in [5.74, 6) is -0.429. The Balaban J connectivity index is 1.55. The van der Waals surface area contributed by atoms with Crippen molar-refractivity contribution in [2.45, 2.75) is 32.9 Å². The number of carbonyl (C=O) groups is 1. The maximum Gasteiger partial charge on any atom is 0.273 e. The molecule has 0 aliphatic carbocycles. The molecule has 5 rings (SSSR count). The molecular weight excluding hydrogens is 381 g/mol. The minimum absolute atomic E-state index is 0.0248. The van der Waals surface area contributed by atoms with E-state index in [9.17, 15) is 9.18 Å². The van der Waals surface area contributed by atoms with Gasteiger partial charge in [-0.1, -0.05) is 19.1 Å². The van der Waals surface area contributed by atoms with Gasteiger partial charge in [0.05, 0.1) is 11.7 Å². The van der Waals surface area contributed by atoms with Crippen molar-refractivity contribution in [3.05, 3.63) is 77.6 Å². The van der Waals surface area contributed by atoms with Crippen LogP contribution in [0.15, 0.2) is 54.7 Å². The molecule has 1 atom stereocenters. The fourth-order valence-electron chi connectivity index (χ4n) is 4.20. The van der Waals surface area contributed by atoms with Gasteiger partial charge in [0.1, 0.15) is 11.5 Å². The van der Waals surface area contributed by atoms with E-state index in [2.05, 4.69) is 20.7 Å². The summed E-state index contributed by atoms with van der Waals surface area (Å²) in [6, 6.07) is 14.1. The lowest BCUT2D eigenvalue weighted by atomic mass is 10.1. The van der Waals surface area contributed by atoms with Gasteiger partial charge in [-0.05, 0) is 43.7 Å². The maximum absolute atomic E-state index is 14.2. The Morgan fingerprint density at radius 2 is 2.00 bits per heavy atom. The summed E-state index contributed by atoms with van der Waals surface area (Å²) in [7, 11) is 0. The molecule has 0 saturated carbocycles. The topological polar surface area (TPSA) is 55.4 Å². The van der Waals surface area contributed by atoms with Crippen molar-refractivity contribution in [1.29, 1.82) is 0 Å². The van der Waals surface area contributed by atoms with E-state index in [4.69, 9.17) is 0 Å². The molecule has 4 aromatic rings. The number of benzene rings is 1. The van der Waals surface area contributed by atoms with Crippen LogP contribution in [0.4, 0.5) is 4.39 Å². The summed E-state index contributed by atoms with van der Waals surface area (Å²) in [5.41, 5.74) is 3.85. The lowest BCUT2D eigenvalue weighted by Crippen LogP contribution is -2.41. The second-order valence-corrected chi connectivity index (χ2v) is 7.57. The highest BCUT2D eigenvalue weighted by Crippen LogP contribution is 2.28. The van der Waals surface area contributed by atoms with E-state index in [1.807, 2.05) is 31.0 Å². The molecule has 1 aliphatic heterocycles. The summed E-state index contributed by atoms with van der Waals surface area (Å²) in [6.07, 6.45) is 2.72. The Hall–Kier alpha value is -3.48. The molecule has 1 amide bonds. The van der Waals surface area contributed by atoms with E-state index >= 15 is 0 Å². The van der Waals surface area contributed by atoms with Crippen molar-refractivity contribution in [2.24, 2.45) is 0 Å². The Labute approximate surface area is 173 Å². The van der Waals surface area contributed by atoms with Crippen molar-refractivity contribution in [3.63, 3.8) is 0 Å². The number of fused-ring (bicyclic) bond motifs is 2.